The first-order valence-electron chi connectivity index (χ1n) is 7.82. The molecule has 1 amide bonds. The number of Topliss-reactive ketones (excluding diaryl/α,β-unsaturated/α-hetero) is 1. The highest BCUT2D eigenvalue weighted by Gasteiger charge is 2.10. The Balaban J connectivity index is 1.75. The number of amides is 1. The summed E-state index contributed by atoms with van der Waals surface area (Å²) in [5, 5.41) is 5.99. The Kier molecular flexibility index (Phi) is 4.85. The molecule has 0 aliphatic heterocycles. The first kappa shape index (κ1) is 16.4. The van der Waals surface area contributed by atoms with Crippen LogP contribution < -0.4 is 10.6 Å². The zero-order valence-corrected chi connectivity index (χ0v) is 13.7. The van der Waals surface area contributed by atoms with Crippen molar-refractivity contribution in [2.45, 2.75) is 6.92 Å². The first-order valence-corrected chi connectivity index (χ1v) is 7.82. The van der Waals surface area contributed by atoms with Crippen LogP contribution in [0, 0.1) is 0 Å². The number of aromatic nitrogens is 1. The normalized spacial score (nSPS) is 10.1. The van der Waals surface area contributed by atoms with Crippen molar-refractivity contribution in [3.05, 3.63) is 84.2 Å². The third-order valence-electron chi connectivity index (χ3n) is 3.58. The third-order valence-corrected chi connectivity index (χ3v) is 3.58. The molecule has 0 unspecified atom stereocenters. The van der Waals surface area contributed by atoms with Crippen molar-refractivity contribution in [1.29, 1.82) is 0 Å². The topological polar surface area (TPSA) is 71.1 Å². The largest absolute Gasteiger partial charge is 0.355 e. The molecule has 5 heteroatoms. The van der Waals surface area contributed by atoms with Gasteiger partial charge in [0.05, 0.1) is 0 Å². The smallest absolute Gasteiger partial charge is 0.274 e. The lowest BCUT2D eigenvalue weighted by atomic mass is 10.1. The lowest BCUT2D eigenvalue weighted by Gasteiger charge is -2.09. The van der Waals surface area contributed by atoms with Crippen LogP contribution >= 0.6 is 0 Å². The Morgan fingerprint density at radius 3 is 2.36 bits per heavy atom. The minimum absolute atomic E-state index is 0.0525. The number of rotatable bonds is 5. The zero-order valence-electron chi connectivity index (χ0n) is 13.7. The van der Waals surface area contributed by atoms with Crippen LogP contribution in [-0.2, 0) is 0 Å². The molecule has 0 aliphatic carbocycles. The molecule has 0 radical (unpaired) electrons. The van der Waals surface area contributed by atoms with E-state index in [4.69, 9.17) is 0 Å². The van der Waals surface area contributed by atoms with Crippen LogP contribution in [0.5, 0.6) is 0 Å². The second-order valence-corrected chi connectivity index (χ2v) is 5.51. The van der Waals surface area contributed by atoms with Crippen LogP contribution in [0.15, 0.2) is 72.9 Å². The molecule has 1 heterocycles. The van der Waals surface area contributed by atoms with Crippen molar-refractivity contribution >= 4 is 28.8 Å². The van der Waals surface area contributed by atoms with E-state index in [9.17, 15) is 9.59 Å². The molecule has 0 bridgehead atoms. The zero-order chi connectivity index (χ0) is 17.6. The molecule has 1 aromatic heterocycles. The van der Waals surface area contributed by atoms with Crippen molar-refractivity contribution in [1.82, 2.24) is 4.98 Å². The molecule has 0 saturated carbocycles. The minimum atomic E-state index is -0.336. The van der Waals surface area contributed by atoms with Crippen molar-refractivity contribution in [3.8, 4) is 0 Å². The van der Waals surface area contributed by atoms with Crippen LogP contribution in [-0.4, -0.2) is 16.7 Å². The lowest BCUT2D eigenvalue weighted by molar-refractivity contribution is 0.100. The fourth-order valence-electron chi connectivity index (χ4n) is 2.33. The number of ketones is 1. The highest BCUT2D eigenvalue weighted by atomic mass is 16.2. The third kappa shape index (κ3) is 4.29. The second kappa shape index (κ2) is 7.40. The molecule has 0 spiro atoms. The van der Waals surface area contributed by atoms with Crippen LogP contribution in [0.25, 0.3) is 0 Å². The average molecular weight is 331 g/mol. The molecule has 0 fully saturated rings. The van der Waals surface area contributed by atoms with E-state index in [2.05, 4.69) is 15.6 Å². The number of benzene rings is 2. The van der Waals surface area contributed by atoms with E-state index in [0.29, 0.717) is 11.3 Å². The minimum Gasteiger partial charge on any atom is -0.355 e. The van der Waals surface area contributed by atoms with E-state index in [0.717, 1.165) is 11.4 Å². The molecule has 25 heavy (non-hydrogen) atoms. The van der Waals surface area contributed by atoms with Crippen LogP contribution in [0.2, 0.25) is 0 Å². The van der Waals surface area contributed by atoms with Crippen LogP contribution in [0.1, 0.15) is 27.8 Å². The first-order chi connectivity index (χ1) is 12.1. The molecule has 0 saturated heterocycles. The number of nitrogens with zero attached hydrogens (tertiary/aromatic N) is 1. The number of hydrogen-bond donors (Lipinski definition) is 2. The molecule has 0 aliphatic rings. The lowest BCUT2D eigenvalue weighted by Crippen LogP contribution is -2.14. The summed E-state index contributed by atoms with van der Waals surface area (Å²) < 4.78 is 0. The molecular formula is C20H17N3O2. The van der Waals surface area contributed by atoms with Crippen molar-refractivity contribution in [3.63, 3.8) is 0 Å². The summed E-state index contributed by atoms with van der Waals surface area (Å²) in [5.74, 6) is -0.388. The van der Waals surface area contributed by atoms with E-state index in [-0.39, 0.29) is 17.4 Å². The van der Waals surface area contributed by atoms with Gasteiger partial charge in [-0.3, -0.25) is 14.6 Å². The number of nitrogens with one attached hydrogen (secondary N) is 2. The maximum atomic E-state index is 12.4. The van der Waals surface area contributed by atoms with Gasteiger partial charge in [0.15, 0.2) is 5.78 Å². The second-order valence-electron chi connectivity index (χ2n) is 5.51. The monoisotopic (exact) mass is 331 g/mol. The Labute approximate surface area is 145 Å². The molecule has 5 nitrogen and oxygen atoms in total. The Morgan fingerprint density at radius 1 is 0.840 bits per heavy atom. The summed E-state index contributed by atoms with van der Waals surface area (Å²) in [4.78, 5) is 28.0. The number of carbonyl (C=O) groups excluding carboxylic acids is 2. The Bertz CT molecular complexity index is 908. The molecule has 2 aromatic carbocycles. The van der Waals surface area contributed by atoms with Gasteiger partial charge < -0.3 is 10.6 Å². The fourth-order valence-corrected chi connectivity index (χ4v) is 2.33. The quantitative estimate of drug-likeness (QED) is 0.685. The maximum absolute atomic E-state index is 12.4. The molecule has 2 N–H and O–H groups in total. The van der Waals surface area contributed by atoms with Gasteiger partial charge >= 0.3 is 0 Å². The fraction of sp³-hybridized carbons (Fsp3) is 0.0500. The molecular weight excluding hydrogens is 314 g/mol. The predicted molar refractivity (Wildman–Crippen MR) is 98.4 cm³/mol. The summed E-state index contributed by atoms with van der Waals surface area (Å²) in [6.07, 6.45) is 1.58. The summed E-state index contributed by atoms with van der Waals surface area (Å²) in [6, 6.07) is 20.0. The van der Waals surface area contributed by atoms with E-state index < -0.39 is 0 Å². The van der Waals surface area contributed by atoms with Crippen molar-refractivity contribution in [2.75, 3.05) is 10.6 Å². The summed E-state index contributed by atoms with van der Waals surface area (Å²) in [7, 11) is 0. The van der Waals surface area contributed by atoms with Gasteiger partial charge in [-0.2, -0.15) is 0 Å². The van der Waals surface area contributed by atoms with Gasteiger partial charge in [-0.15, -0.1) is 0 Å². The van der Waals surface area contributed by atoms with Gasteiger partial charge in [0.25, 0.3) is 5.91 Å². The summed E-state index contributed by atoms with van der Waals surface area (Å²) >= 11 is 0. The van der Waals surface area contributed by atoms with E-state index >= 15 is 0 Å². The highest BCUT2D eigenvalue weighted by Crippen LogP contribution is 2.17. The number of pyridine rings is 1. The SMILES string of the molecule is CC(=O)c1cccc(NC(=O)c2cc(Nc3ccccc3)ccn2)c1. The van der Waals surface area contributed by atoms with Crippen molar-refractivity contribution in [2.24, 2.45) is 0 Å². The van der Waals surface area contributed by atoms with Gasteiger partial charge in [-0.1, -0.05) is 30.3 Å². The van der Waals surface area contributed by atoms with Gasteiger partial charge in [0.1, 0.15) is 5.69 Å². The molecule has 0 atom stereocenters. The van der Waals surface area contributed by atoms with Crippen molar-refractivity contribution < 1.29 is 9.59 Å². The molecule has 124 valence electrons. The molecule has 3 aromatic rings. The van der Waals surface area contributed by atoms with E-state index in [1.54, 1.807) is 42.6 Å². The number of hydrogen-bond acceptors (Lipinski definition) is 4. The maximum Gasteiger partial charge on any atom is 0.274 e. The van der Waals surface area contributed by atoms with Crippen LogP contribution in [0.4, 0.5) is 17.1 Å². The average Bonchev–Trinajstić information content (AvgIpc) is 2.63. The standard InChI is InChI=1S/C20H17N3O2/c1-14(24)15-6-5-9-17(12-15)23-20(25)19-13-18(10-11-21-19)22-16-7-3-2-4-8-16/h2-13H,1H3,(H,21,22)(H,23,25). The van der Waals surface area contributed by atoms with Gasteiger partial charge in [0.2, 0.25) is 0 Å². The van der Waals surface area contributed by atoms with Gasteiger partial charge in [-0.25, -0.2) is 0 Å². The van der Waals surface area contributed by atoms with Crippen LogP contribution in [0.3, 0.4) is 0 Å². The molecule has 3 rings (SSSR count). The Morgan fingerprint density at radius 2 is 1.60 bits per heavy atom. The number of anilines is 3. The summed E-state index contributed by atoms with van der Waals surface area (Å²) in [5.41, 5.74) is 3.08. The predicted octanol–water partition coefficient (Wildman–Crippen LogP) is 4.28. The van der Waals surface area contributed by atoms with E-state index in [1.807, 2.05) is 30.3 Å². The number of carbonyl (C=O) groups is 2. The van der Waals surface area contributed by atoms with Gasteiger partial charge in [-0.05, 0) is 43.3 Å². The van der Waals surface area contributed by atoms with E-state index in [1.165, 1.54) is 6.92 Å². The Hall–Kier alpha value is -3.47. The number of para-hydroxylation sites is 1. The highest BCUT2D eigenvalue weighted by molar-refractivity contribution is 6.04. The summed E-state index contributed by atoms with van der Waals surface area (Å²) in [6.45, 7) is 1.49. The van der Waals surface area contributed by atoms with Gasteiger partial charge in [0, 0.05) is 28.8 Å².